The highest BCUT2D eigenvalue weighted by Crippen LogP contribution is 2.51. The van der Waals surface area contributed by atoms with E-state index in [1.54, 1.807) is 4.68 Å². The number of nitrogens with one attached hydrogen (secondary N) is 1. The van der Waals surface area contributed by atoms with Crippen molar-refractivity contribution < 1.29 is 9.53 Å². The maximum atomic E-state index is 13.4. The van der Waals surface area contributed by atoms with Gasteiger partial charge in [0.2, 0.25) is 0 Å². The summed E-state index contributed by atoms with van der Waals surface area (Å²) in [7, 11) is 4.08. The van der Waals surface area contributed by atoms with Crippen LogP contribution in [0.4, 0.5) is 4.79 Å². The summed E-state index contributed by atoms with van der Waals surface area (Å²) in [6, 6.07) is 10.3. The molecule has 1 N–H and O–H groups in total. The van der Waals surface area contributed by atoms with Crippen LogP contribution in [0.25, 0.3) is 0 Å². The van der Waals surface area contributed by atoms with Crippen LogP contribution in [0.1, 0.15) is 44.4 Å². The second-order valence-corrected chi connectivity index (χ2v) is 10.1. The Morgan fingerprint density at radius 2 is 1.97 bits per heavy atom. The molecule has 2 amide bonds. The molecule has 1 atom stereocenters. The Labute approximate surface area is 191 Å². The largest absolute Gasteiger partial charge is 0.493 e. The lowest BCUT2D eigenvalue weighted by atomic mass is 9.89. The molecule has 7 heteroatoms. The number of aryl methyl sites for hydroxylation is 1. The van der Waals surface area contributed by atoms with Crippen LogP contribution in [-0.2, 0) is 20.1 Å². The molecule has 2 fully saturated rings. The SMILES string of the molecule is CC(C)COc1ccc(CN(Cc2ccn(C)n2)C(=O)N[C@H]2CCN(C)CC23CC3)cc1. The lowest BCUT2D eigenvalue weighted by molar-refractivity contribution is 0.134. The molecule has 7 nitrogen and oxygen atoms in total. The fourth-order valence-electron chi connectivity index (χ4n) is 4.63. The highest BCUT2D eigenvalue weighted by atomic mass is 16.5. The number of amides is 2. The number of ether oxygens (including phenoxy) is 1. The van der Waals surface area contributed by atoms with Gasteiger partial charge in [-0.3, -0.25) is 4.68 Å². The van der Waals surface area contributed by atoms with Crippen molar-refractivity contribution in [2.24, 2.45) is 18.4 Å². The number of hydrogen-bond donors (Lipinski definition) is 1. The number of rotatable bonds is 8. The van der Waals surface area contributed by atoms with Crippen LogP contribution in [0.3, 0.4) is 0 Å². The van der Waals surface area contributed by atoms with Gasteiger partial charge in [-0.1, -0.05) is 26.0 Å². The van der Waals surface area contributed by atoms with E-state index in [2.05, 4.69) is 36.2 Å². The van der Waals surface area contributed by atoms with Gasteiger partial charge >= 0.3 is 6.03 Å². The summed E-state index contributed by atoms with van der Waals surface area (Å²) in [5.41, 5.74) is 2.25. The van der Waals surface area contributed by atoms with Crippen LogP contribution in [0.5, 0.6) is 5.75 Å². The van der Waals surface area contributed by atoms with E-state index in [0.29, 0.717) is 25.6 Å². The maximum Gasteiger partial charge on any atom is 0.318 e. The molecule has 0 radical (unpaired) electrons. The molecule has 1 saturated carbocycles. The van der Waals surface area contributed by atoms with Gasteiger partial charge in [-0.05, 0) is 62.5 Å². The third-order valence-corrected chi connectivity index (χ3v) is 6.60. The van der Waals surface area contributed by atoms with Crippen molar-refractivity contribution in [3.63, 3.8) is 0 Å². The Morgan fingerprint density at radius 1 is 1.22 bits per heavy atom. The summed E-state index contributed by atoms with van der Waals surface area (Å²) in [6.07, 6.45) is 5.35. The molecule has 1 aromatic carbocycles. The highest BCUT2D eigenvalue weighted by molar-refractivity contribution is 5.74. The first kappa shape index (κ1) is 22.6. The van der Waals surface area contributed by atoms with E-state index in [1.807, 2.05) is 48.5 Å². The molecule has 1 spiro atoms. The fourth-order valence-corrected chi connectivity index (χ4v) is 4.63. The number of aromatic nitrogens is 2. The van der Waals surface area contributed by atoms with Gasteiger partial charge in [0, 0.05) is 37.8 Å². The molecule has 1 aliphatic carbocycles. The first-order valence-corrected chi connectivity index (χ1v) is 11.8. The first-order chi connectivity index (χ1) is 15.3. The van der Waals surface area contributed by atoms with Crippen molar-refractivity contribution in [2.75, 3.05) is 26.7 Å². The second kappa shape index (κ2) is 9.53. The predicted octanol–water partition coefficient (Wildman–Crippen LogP) is 3.65. The summed E-state index contributed by atoms with van der Waals surface area (Å²) in [6.45, 7) is 8.11. The number of likely N-dealkylation sites (tertiary alicyclic amines) is 1. The number of nitrogens with zero attached hydrogens (tertiary/aromatic N) is 4. The van der Waals surface area contributed by atoms with Gasteiger partial charge in [0.25, 0.3) is 0 Å². The summed E-state index contributed by atoms with van der Waals surface area (Å²) in [5.74, 6) is 1.35. The van der Waals surface area contributed by atoms with Crippen LogP contribution in [0.15, 0.2) is 36.5 Å². The van der Waals surface area contributed by atoms with Gasteiger partial charge in [-0.2, -0.15) is 5.10 Å². The predicted molar refractivity (Wildman–Crippen MR) is 125 cm³/mol. The molecule has 1 aromatic heterocycles. The molecular formula is C25H37N5O2. The summed E-state index contributed by atoms with van der Waals surface area (Å²) in [5, 5.41) is 7.88. The van der Waals surface area contributed by atoms with E-state index in [9.17, 15) is 4.79 Å². The average Bonchev–Trinajstić information content (AvgIpc) is 3.40. The zero-order chi connectivity index (χ0) is 22.7. The lowest BCUT2D eigenvalue weighted by Crippen LogP contribution is -2.54. The minimum absolute atomic E-state index is 0.00313. The van der Waals surface area contributed by atoms with E-state index < -0.39 is 0 Å². The second-order valence-electron chi connectivity index (χ2n) is 10.1. The van der Waals surface area contributed by atoms with Crippen LogP contribution in [0, 0.1) is 11.3 Å². The minimum atomic E-state index is -0.00313. The van der Waals surface area contributed by atoms with Crippen molar-refractivity contribution in [3.05, 3.63) is 47.8 Å². The van der Waals surface area contributed by atoms with E-state index in [-0.39, 0.29) is 17.5 Å². The first-order valence-electron chi connectivity index (χ1n) is 11.8. The number of benzene rings is 1. The number of carbonyl (C=O) groups is 1. The van der Waals surface area contributed by atoms with Crippen LogP contribution < -0.4 is 10.1 Å². The van der Waals surface area contributed by atoms with Crippen LogP contribution in [-0.4, -0.2) is 58.4 Å². The Bertz CT molecular complexity index is 903. The van der Waals surface area contributed by atoms with Crippen molar-refractivity contribution >= 4 is 6.03 Å². The molecule has 0 bridgehead atoms. The molecule has 174 valence electrons. The van der Waals surface area contributed by atoms with Gasteiger partial charge in [0.15, 0.2) is 0 Å². The Hall–Kier alpha value is -2.54. The average molecular weight is 440 g/mol. The van der Waals surface area contributed by atoms with Gasteiger partial charge in [-0.25, -0.2) is 4.79 Å². The van der Waals surface area contributed by atoms with Gasteiger partial charge in [0.1, 0.15) is 5.75 Å². The zero-order valence-electron chi connectivity index (χ0n) is 19.9. The number of carbonyl (C=O) groups excluding carboxylic acids is 1. The normalized spacial score (nSPS) is 19.8. The Kier molecular flexibility index (Phi) is 6.74. The Morgan fingerprint density at radius 3 is 2.59 bits per heavy atom. The van der Waals surface area contributed by atoms with Gasteiger partial charge in [0.05, 0.1) is 18.8 Å². The number of piperidine rings is 1. The minimum Gasteiger partial charge on any atom is -0.493 e. The van der Waals surface area contributed by atoms with Crippen LogP contribution >= 0.6 is 0 Å². The standard InChI is InChI=1S/C25H37N5O2/c1-19(2)17-32-22-7-5-20(6-8-22)15-30(16-21-9-14-29(4)27-21)24(31)26-23-10-13-28(3)18-25(23)11-12-25/h5-9,14,19,23H,10-13,15-18H2,1-4H3,(H,26,31)/t23-/m0/s1. The highest BCUT2D eigenvalue weighted by Gasteiger charge is 2.52. The maximum absolute atomic E-state index is 13.4. The third-order valence-electron chi connectivity index (χ3n) is 6.60. The van der Waals surface area contributed by atoms with E-state index >= 15 is 0 Å². The zero-order valence-corrected chi connectivity index (χ0v) is 19.9. The molecule has 0 unspecified atom stereocenters. The van der Waals surface area contributed by atoms with Gasteiger partial charge < -0.3 is 19.9 Å². The van der Waals surface area contributed by atoms with E-state index in [0.717, 1.165) is 36.5 Å². The summed E-state index contributed by atoms with van der Waals surface area (Å²) >= 11 is 0. The van der Waals surface area contributed by atoms with Crippen molar-refractivity contribution in [1.82, 2.24) is 24.9 Å². The molecule has 2 aromatic rings. The fraction of sp³-hybridized carbons (Fsp3) is 0.600. The summed E-state index contributed by atoms with van der Waals surface area (Å²) < 4.78 is 7.58. The number of urea groups is 1. The van der Waals surface area contributed by atoms with E-state index in [4.69, 9.17) is 4.74 Å². The molecule has 32 heavy (non-hydrogen) atoms. The number of hydrogen-bond acceptors (Lipinski definition) is 4. The molecule has 2 aliphatic rings. The molecule has 4 rings (SSSR count). The summed E-state index contributed by atoms with van der Waals surface area (Å²) in [4.78, 5) is 17.7. The Balaban J connectivity index is 1.44. The monoisotopic (exact) mass is 439 g/mol. The topological polar surface area (TPSA) is 62.6 Å². The van der Waals surface area contributed by atoms with Crippen molar-refractivity contribution in [2.45, 2.75) is 52.2 Å². The lowest BCUT2D eigenvalue weighted by Gasteiger charge is -2.38. The molecule has 1 aliphatic heterocycles. The smallest absolute Gasteiger partial charge is 0.318 e. The van der Waals surface area contributed by atoms with E-state index in [1.165, 1.54) is 12.8 Å². The molecular weight excluding hydrogens is 402 g/mol. The van der Waals surface area contributed by atoms with Crippen LogP contribution in [0.2, 0.25) is 0 Å². The van der Waals surface area contributed by atoms with Crippen molar-refractivity contribution in [1.29, 1.82) is 0 Å². The van der Waals surface area contributed by atoms with Crippen molar-refractivity contribution in [3.8, 4) is 5.75 Å². The third kappa shape index (κ3) is 5.63. The van der Waals surface area contributed by atoms with Gasteiger partial charge in [-0.15, -0.1) is 0 Å². The molecule has 2 heterocycles. The molecule has 1 saturated heterocycles. The quantitative estimate of drug-likeness (QED) is 0.682.